The first-order valence-corrected chi connectivity index (χ1v) is 8.67. The molecule has 3 rings (SSSR count). The molecular weight excluding hydrogens is 328 g/mol. The smallest absolute Gasteiger partial charge is 0.244 e. The number of benzene rings is 1. The molecule has 5 nitrogen and oxygen atoms in total. The van der Waals surface area contributed by atoms with Crippen LogP contribution in [0.15, 0.2) is 22.7 Å². The van der Waals surface area contributed by atoms with E-state index in [0.717, 1.165) is 18.9 Å². The normalized spacial score (nSPS) is 18.2. The molecular formula is C18H23F2N3O2. The van der Waals surface area contributed by atoms with Gasteiger partial charge in [-0.3, -0.25) is 5.32 Å². The van der Waals surface area contributed by atoms with Crippen LogP contribution in [0.3, 0.4) is 0 Å². The van der Waals surface area contributed by atoms with Crippen molar-refractivity contribution in [2.24, 2.45) is 5.92 Å². The Kier molecular flexibility index (Phi) is 5.75. The highest BCUT2D eigenvalue weighted by Gasteiger charge is 2.32. The minimum absolute atomic E-state index is 0.195. The Hall–Kier alpha value is -1.86. The molecule has 1 aromatic heterocycles. The maximum atomic E-state index is 14.2. The second-order valence-electron chi connectivity index (χ2n) is 6.40. The Morgan fingerprint density at radius 2 is 2.04 bits per heavy atom. The van der Waals surface area contributed by atoms with E-state index in [1.54, 1.807) is 6.92 Å². The summed E-state index contributed by atoms with van der Waals surface area (Å²) in [4.78, 5) is 4.37. The zero-order valence-corrected chi connectivity index (χ0v) is 14.5. The third-order valence-electron chi connectivity index (χ3n) is 4.67. The quantitative estimate of drug-likeness (QED) is 0.856. The number of nitrogens with zero attached hydrogens (tertiary/aromatic N) is 2. The fourth-order valence-corrected chi connectivity index (χ4v) is 3.33. The Morgan fingerprint density at radius 1 is 1.28 bits per heavy atom. The lowest BCUT2D eigenvalue weighted by Gasteiger charge is -2.32. The van der Waals surface area contributed by atoms with Crippen LogP contribution in [0.2, 0.25) is 0 Å². The van der Waals surface area contributed by atoms with Gasteiger partial charge in [-0.2, -0.15) is 4.98 Å². The summed E-state index contributed by atoms with van der Waals surface area (Å²) >= 11 is 0. The SMILES string of the molecule is CC[C@@H](N[C@H](c1nc(C)no1)C1CCOCC1)c1ccc(F)cc1F. The van der Waals surface area contributed by atoms with Crippen LogP contribution in [0.25, 0.3) is 0 Å². The molecule has 25 heavy (non-hydrogen) atoms. The predicted octanol–water partition coefficient (Wildman–Crippen LogP) is 3.86. The summed E-state index contributed by atoms with van der Waals surface area (Å²) in [7, 11) is 0. The van der Waals surface area contributed by atoms with Gasteiger partial charge in [0.1, 0.15) is 11.6 Å². The largest absolute Gasteiger partial charge is 0.381 e. The predicted molar refractivity (Wildman–Crippen MR) is 87.8 cm³/mol. The average Bonchev–Trinajstić information content (AvgIpc) is 3.04. The standard InChI is InChI=1S/C18H23F2N3O2/c1-3-16(14-5-4-13(19)10-15(14)20)22-17(12-6-8-24-9-7-12)18-21-11(2)23-25-18/h4-5,10,12,16-17,22H,3,6-9H2,1-2H3/t16-,17+/m1/s1. The molecule has 0 unspecified atom stereocenters. The zero-order valence-electron chi connectivity index (χ0n) is 14.5. The lowest BCUT2D eigenvalue weighted by molar-refractivity contribution is 0.0465. The summed E-state index contributed by atoms with van der Waals surface area (Å²) in [6, 6.07) is 3.22. The van der Waals surface area contributed by atoms with E-state index in [0.29, 0.717) is 36.9 Å². The minimum Gasteiger partial charge on any atom is -0.381 e. The van der Waals surface area contributed by atoms with Gasteiger partial charge in [0.25, 0.3) is 0 Å². The van der Waals surface area contributed by atoms with Crippen molar-refractivity contribution >= 4 is 0 Å². The van der Waals surface area contributed by atoms with Gasteiger partial charge in [0.2, 0.25) is 5.89 Å². The lowest BCUT2D eigenvalue weighted by atomic mass is 9.90. The number of halogens is 2. The molecule has 0 saturated carbocycles. The summed E-state index contributed by atoms with van der Waals surface area (Å²) in [6.45, 7) is 5.08. The number of nitrogens with one attached hydrogen (secondary N) is 1. The first kappa shape index (κ1) is 17.9. The van der Waals surface area contributed by atoms with Crippen molar-refractivity contribution in [3.8, 4) is 0 Å². The minimum atomic E-state index is -0.579. The van der Waals surface area contributed by atoms with Crippen LogP contribution in [0.1, 0.15) is 55.5 Å². The number of aromatic nitrogens is 2. The summed E-state index contributed by atoms with van der Waals surface area (Å²) in [5, 5.41) is 7.35. The van der Waals surface area contributed by atoms with Crippen LogP contribution < -0.4 is 5.32 Å². The van der Waals surface area contributed by atoms with Crippen molar-refractivity contribution in [2.45, 2.75) is 45.2 Å². The van der Waals surface area contributed by atoms with Crippen molar-refractivity contribution < 1.29 is 18.0 Å². The van der Waals surface area contributed by atoms with Gasteiger partial charge in [-0.1, -0.05) is 18.1 Å². The molecule has 0 radical (unpaired) electrons. The molecule has 2 atom stereocenters. The summed E-state index contributed by atoms with van der Waals surface area (Å²) in [5.41, 5.74) is 0.442. The number of aryl methyl sites for hydroxylation is 1. The van der Waals surface area contributed by atoms with E-state index in [1.165, 1.54) is 12.1 Å². The molecule has 2 aromatic rings. The van der Waals surface area contributed by atoms with Crippen LogP contribution in [0.5, 0.6) is 0 Å². The third kappa shape index (κ3) is 4.22. The molecule has 0 aliphatic carbocycles. The highest BCUT2D eigenvalue weighted by atomic mass is 19.1. The van der Waals surface area contributed by atoms with E-state index in [9.17, 15) is 8.78 Å². The maximum absolute atomic E-state index is 14.2. The molecule has 0 amide bonds. The molecule has 1 aliphatic rings. The third-order valence-corrected chi connectivity index (χ3v) is 4.67. The Balaban J connectivity index is 1.86. The molecule has 1 N–H and O–H groups in total. The van der Waals surface area contributed by atoms with Gasteiger partial charge in [0.05, 0.1) is 6.04 Å². The van der Waals surface area contributed by atoms with Gasteiger partial charge in [0.15, 0.2) is 5.82 Å². The molecule has 2 heterocycles. The Morgan fingerprint density at radius 3 is 2.64 bits per heavy atom. The van der Waals surface area contributed by atoms with Crippen molar-refractivity contribution in [3.63, 3.8) is 0 Å². The van der Waals surface area contributed by atoms with Crippen molar-refractivity contribution in [1.29, 1.82) is 0 Å². The molecule has 0 bridgehead atoms. The molecule has 136 valence electrons. The zero-order chi connectivity index (χ0) is 17.8. The number of rotatable bonds is 6. The van der Waals surface area contributed by atoms with Crippen LogP contribution in [0.4, 0.5) is 8.78 Å². The van der Waals surface area contributed by atoms with Gasteiger partial charge >= 0.3 is 0 Å². The molecule has 1 fully saturated rings. The van der Waals surface area contributed by atoms with E-state index < -0.39 is 11.6 Å². The fourth-order valence-electron chi connectivity index (χ4n) is 3.33. The van der Waals surface area contributed by atoms with E-state index in [1.807, 2.05) is 6.92 Å². The van der Waals surface area contributed by atoms with Crippen LogP contribution in [-0.2, 0) is 4.74 Å². The monoisotopic (exact) mass is 351 g/mol. The summed E-state index contributed by atoms with van der Waals surface area (Å²) in [6.07, 6.45) is 2.37. The number of hydrogen-bond acceptors (Lipinski definition) is 5. The van der Waals surface area contributed by atoms with E-state index in [4.69, 9.17) is 9.26 Å². The van der Waals surface area contributed by atoms with Crippen LogP contribution in [0, 0.1) is 24.5 Å². The van der Waals surface area contributed by atoms with Gasteiger partial charge in [-0.25, -0.2) is 8.78 Å². The number of hydrogen-bond donors (Lipinski definition) is 1. The topological polar surface area (TPSA) is 60.2 Å². The number of ether oxygens (including phenoxy) is 1. The van der Waals surface area contributed by atoms with Gasteiger partial charge in [-0.15, -0.1) is 0 Å². The highest BCUT2D eigenvalue weighted by Crippen LogP contribution is 2.33. The van der Waals surface area contributed by atoms with E-state index in [2.05, 4.69) is 15.5 Å². The van der Waals surface area contributed by atoms with Crippen LogP contribution >= 0.6 is 0 Å². The molecule has 7 heteroatoms. The molecule has 0 spiro atoms. The molecule has 1 aromatic carbocycles. The van der Waals surface area contributed by atoms with Crippen molar-refractivity contribution in [2.75, 3.05) is 13.2 Å². The highest BCUT2D eigenvalue weighted by molar-refractivity contribution is 5.22. The van der Waals surface area contributed by atoms with Crippen molar-refractivity contribution in [1.82, 2.24) is 15.5 Å². The van der Waals surface area contributed by atoms with Gasteiger partial charge in [0, 0.05) is 30.9 Å². The molecule has 1 saturated heterocycles. The molecule has 1 aliphatic heterocycles. The summed E-state index contributed by atoms with van der Waals surface area (Å²) < 4.78 is 38.3. The fraction of sp³-hybridized carbons (Fsp3) is 0.556. The van der Waals surface area contributed by atoms with Crippen molar-refractivity contribution in [3.05, 3.63) is 47.1 Å². The van der Waals surface area contributed by atoms with Gasteiger partial charge in [-0.05, 0) is 38.2 Å². The van der Waals surface area contributed by atoms with Crippen LogP contribution in [-0.4, -0.2) is 23.4 Å². The van der Waals surface area contributed by atoms with Gasteiger partial charge < -0.3 is 9.26 Å². The first-order chi connectivity index (χ1) is 12.1. The first-order valence-electron chi connectivity index (χ1n) is 8.67. The second-order valence-corrected chi connectivity index (χ2v) is 6.40. The summed E-state index contributed by atoms with van der Waals surface area (Å²) in [5.74, 6) is 0.197. The Bertz CT molecular complexity index is 701. The second kappa shape index (κ2) is 8.01. The Labute approximate surface area is 145 Å². The maximum Gasteiger partial charge on any atom is 0.244 e. The van der Waals surface area contributed by atoms with E-state index >= 15 is 0 Å². The average molecular weight is 351 g/mol. The van der Waals surface area contributed by atoms with E-state index in [-0.39, 0.29) is 18.0 Å². The lowest BCUT2D eigenvalue weighted by Crippen LogP contribution is -2.35.